The predicted molar refractivity (Wildman–Crippen MR) is 79.2 cm³/mol. The molecule has 1 heterocycles. The SMILES string of the molecule is CCCN(c1c(C#N)cnc2ccccc12)C(C)C. The fraction of sp³-hybridized carbons (Fsp3) is 0.375. The van der Waals surface area contributed by atoms with Gasteiger partial charge in [-0.05, 0) is 26.3 Å². The predicted octanol–water partition coefficient (Wildman–Crippen LogP) is 3.73. The molecule has 19 heavy (non-hydrogen) atoms. The summed E-state index contributed by atoms with van der Waals surface area (Å²) in [5.41, 5.74) is 2.61. The van der Waals surface area contributed by atoms with Gasteiger partial charge in [0.1, 0.15) is 6.07 Å². The Morgan fingerprint density at radius 1 is 1.32 bits per heavy atom. The zero-order valence-electron chi connectivity index (χ0n) is 11.7. The molecular formula is C16H19N3. The molecule has 0 N–H and O–H groups in total. The van der Waals surface area contributed by atoms with E-state index in [0.29, 0.717) is 11.6 Å². The Hall–Kier alpha value is -2.08. The van der Waals surface area contributed by atoms with Crippen LogP contribution in [0.4, 0.5) is 5.69 Å². The van der Waals surface area contributed by atoms with Crippen LogP contribution >= 0.6 is 0 Å². The molecule has 0 unspecified atom stereocenters. The van der Waals surface area contributed by atoms with Crippen molar-refractivity contribution in [3.8, 4) is 6.07 Å². The second-order valence-electron chi connectivity index (χ2n) is 4.94. The van der Waals surface area contributed by atoms with E-state index in [1.54, 1.807) is 6.20 Å². The molecule has 1 aromatic carbocycles. The van der Waals surface area contributed by atoms with E-state index < -0.39 is 0 Å². The summed E-state index contributed by atoms with van der Waals surface area (Å²) < 4.78 is 0. The van der Waals surface area contributed by atoms with Gasteiger partial charge >= 0.3 is 0 Å². The molecule has 0 bridgehead atoms. The van der Waals surface area contributed by atoms with Gasteiger partial charge in [0, 0.05) is 24.2 Å². The van der Waals surface area contributed by atoms with Crippen molar-refractivity contribution < 1.29 is 0 Å². The Morgan fingerprint density at radius 2 is 2.05 bits per heavy atom. The number of hydrogen-bond acceptors (Lipinski definition) is 3. The van der Waals surface area contributed by atoms with Crippen molar-refractivity contribution >= 4 is 16.6 Å². The summed E-state index contributed by atoms with van der Waals surface area (Å²) >= 11 is 0. The second-order valence-corrected chi connectivity index (χ2v) is 4.94. The zero-order chi connectivity index (χ0) is 13.8. The first kappa shape index (κ1) is 13.4. The monoisotopic (exact) mass is 253 g/mol. The van der Waals surface area contributed by atoms with Crippen LogP contribution in [0.3, 0.4) is 0 Å². The minimum absolute atomic E-state index is 0.359. The Balaban J connectivity index is 2.70. The molecule has 2 rings (SSSR count). The van der Waals surface area contributed by atoms with Gasteiger partial charge in [0.25, 0.3) is 0 Å². The first-order valence-electron chi connectivity index (χ1n) is 6.73. The highest BCUT2D eigenvalue weighted by Gasteiger charge is 2.17. The summed E-state index contributed by atoms with van der Waals surface area (Å²) in [6.45, 7) is 7.42. The molecule has 0 saturated heterocycles. The van der Waals surface area contributed by atoms with Gasteiger partial charge < -0.3 is 4.90 Å². The molecule has 2 aromatic rings. The van der Waals surface area contributed by atoms with Gasteiger partial charge in [0.05, 0.1) is 16.8 Å². The van der Waals surface area contributed by atoms with Crippen LogP contribution in [0, 0.1) is 11.3 Å². The van der Waals surface area contributed by atoms with E-state index in [0.717, 1.165) is 29.6 Å². The summed E-state index contributed by atoms with van der Waals surface area (Å²) in [4.78, 5) is 6.66. The maximum Gasteiger partial charge on any atom is 0.103 e. The Labute approximate surface area is 114 Å². The molecule has 0 aliphatic heterocycles. The van der Waals surface area contributed by atoms with Crippen LogP contribution < -0.4 is 4.90 Å². The topological polar surface area (TPSA) is 39.9 Å². The maximum absolute atomic E-state index is 9.36. The number of anilines is 1. The number of hydrogen-bond donors (Lipinski definition) is 0. The summed E-state index contributed by atoms with van der Waals surface area (Å²) in [7, 11) is 0. The summed E-state index contributed by atoms with van der Waals surface area (Å²) in [5, 5.41) is 10.4. The van der Waals surface area contributed by atoms with Crippen LogP contribution in [-0.2, 0) is 0 Å². The lowest BCUT2D eigenvalue weighted by Gasteiger charge is -2.30. The van der Waals surface area contributed by atoms with E-state index in [1.165, 1.54) is 0 Å². The summed E-state index contributed by atoms with van der Waals surface area (Å²) in [6.07, 6.45) is 2.74. The van der Waals surface area contributed by atoms with Crippen molar-refractivity contribution in [1.29, 1.82) is 5.26 Å². The third-order valence-corrected chi connectivity index (χ3v) is 3.24. The number of para-hydroxylation sites is 1. The average molecular weight is 253 g/mol. The molecular weight excluding hydrogens is 234 g/mol. The van der Waals surface area contributed by atoms with Gasteiger partial charge in [-0.2, -0.15) is 5.26 Å². The Kier molecular flexibility index (Phi) is 4.01. The highest BCUT2D eigenvalue weighted by Crippen LogP contribution is 2.30. The van der Waals surface area contributed by atoms with E-state index in [1.807, 2.05) is 24.3 Å². The van der Waals surface area contributed by atoms with Crippen molar-refractivity contribution in [3.63, 3.8) is 0 Å². The molecule has 98 valence electrons. The summed E-state index contributed by atoms with van der Waals surface area (Å²) in [6, 6.07) is 10.6. The molecule has 0 atom stereocenters. The lowest BCUT2D eigenvalue weighted by molar-refractivity contribution is 0.672. The molecule has 3 heteroatoms. The van der Waals surface area contributed by atoms with Crippen LogP contribution in [-0.4, -0.2) is 17.6 Å². The van der Waals surface area contributed by atoms with Gasteiger partial charge in [-0.3, -0.25) is 4.98 Å². The fourth-order valence-electron chi connectivity index (χ4n) is 2.39. The lowest BCUT2D eigenvalue weighted by Crippen LogP contribution is -2.32. The molecule has 0 saturated carbocycles. The van der Waals surface area contributed by atoms with E-state index >= 15 is 0 Å². The molecule has 0 fully saturated rings. The van der Waals surface area contributed by atoms with Crippen LogP contribution in [0.2, 0.25) is 0 Å². The standard InChI is InChI=1S/C16H19N3/c1-4-9-19(12(2)3)16-13(10-17)11-18-15-8-6-5-7-14(15)16/h5-8,11-12H,4,9H2,1-3H3. The summed E-state index contributed by atoms with van der Waals surface area (Å²) in [5.74, 6) is 0. The molecule has 0 aliphatic carbocycles. The van der Waals surface area contributed by atoms with E-state index in [-0.39, 0.29) is 0 Å². The second kappa shape index (κ2) is 5.71. The number of nitriles is 1. The van der Waals surface area contributed by atoms with Gasteiger partial charge in [-0.1, -0.05) is 25.1 Å². The van der Waals surface area contributed by atoms with E-state index in [4.69, 9.17) is 0 Å². The minimum atomic E-state index is 0.359. The molecule has 3 nitrogen and oxygen atoms in total. The number of benzene rings is 1. The van der Waals surface area contributed by atoms with Crippen molar-refractivity contribution in [1.82, 2.24) is 4.98 Å². The van der Waals surface area contributed by atoms with Crippen LogP contribution in [0.15, 0.2) is 30.5 Å². The van der Waals surface area contributed by atoms with Crippen molar-refractivity contribution in [2.45, 2.75) is 33.2 Å². The third-order valence-electron chi connectivity index (χ3n) is 3.24. The molecule has 0 amide bonds. The first-order valence-corrected chi connectivity index (χ1v) is 6.73. The Bertz CT molecular complexity index is 611. The largest absolute Gasteiger partial charge is 0.367 e. The highest BCUT2D eigenvalue weighted by atomic mass is 15.2. The number of pyridine rings is 1. The Morgan fingerprint density at radius 3 is 2.68 bits per heavy atom. The quantitative estimate of drug-likeness (QED) is 0.833. The van der Waals surface area contributed by atoms with Crippen molar-refractivity contribution in [3.05, 3.63) is 36.0 Å². The lowest BCUT2D eigenvalue weighted by atomic mass is 10.1. The average Bonchev–Trinajstić information content (AvgIpc) is 2.43. The molecule has 0 radical (unpaired) electrons. The van der Waals surface area contributed by atoms with Gasteiger partial charge in [0.2, 0.25) is 0 Å². The normalized spacial score (nSPS) is 10.7. The third kappa shape index (κ3) is 2.53. The molecule has 1 aromatic heterocycles. The smallest absolute Gasteiger partial charge is 0.103 e. The molecule has 0 aliphatic rings. The molecule has 0 spiro atoms. The first-order chi connectivity index (χ1) is 9.19. The zero-order valence-corrected chi connectivity index (χ0v) is 11.7. The van der Waals surface area contributed by atoms with Gasteiger partial charge in [-0.25, -0.2) is 0 Å². The number of aromatic nitrogens is 1. The fourth-order valence-corrected chi connectivity index (χ4v) is 2.39. The number of fused-ring (bicyclic) bond motifs is 1. The number of nitrogens with zero attached hydrogens (tertiary/aromatic N) is 3. The van der Waals surface area contributed by atoms with E-state index in [2.05, 4.69) is 36.7 Å². The van der Waals surface area contributed by atoms with Crippen LogP contribution in [0.5, 0.6) is 0 Å². The van der Waals surface area contributed by atoms with Gasteiger partial charge in [-0.15, -0.1) is 0 Å². The van der Waals surface area contributed by atoms with Crippen molar-refractivity contribution in [2.75, 3.05) is 11.4 Å². The van der Waals surface area contributed by atoms with Crippen LogP contribution in [0.25, 0.3) is 10.9 Å². The van der Waals surface area contributed by atoms with E-state index in [9.17, 15) is 5.26 Å². The maximum atomic E-state index is 9.36. The van der Waals surface area contributed by atoms with Crippen LogP contribution in [0.1, 0.15) is 32.8 Å². The van der Waals surface area contributed by atoms with Crippen molar-refractivity contribution in [2.24, 2.45) is 0 Å². The number of rotatable bonds is 4. The highest BCUT2D eigenvalue weighted by molar-refractivity contribution is 5.94. The van der Waals surface area contributed by atoms with Gasteiger partial charge in [0.15, 0.2) is 0 Å². The minimum Gasteiger partial charge on any atom is -0.367 e.